The van der Waals surface area contributed by atoms with Crippen molar-refractivity contribution in [2.24, 2.45) is 5.92 Å². The van der Waals surface area contributed by atoms with Gasteiger partial charge in [0.1, 0.15) is 18.9 Å². The van der Waals surface area contributed by atoms with Gasteiger partial charge in [-0.2, -0.15) is 0 Å². The largest absolute Gasteiger partial charge is 0.497 e. The number of carbonyl (C=O) groups excluding carboxylic acids is 3. The molecule has 0 aliphatic carbocycles. The van der Waals surface area contributed by atoms with Crippen LogP contribution in [-0.4, -0.2) is 67.6 Å². The van der Waals surface area contributed by atoms with Gasteiger partial charge >= 0.3 is 6.09 Å². The number of nitrogens with one attached hydrogen (secondary N) is 1. The van der Waals surface area contributed by atoms with Crippen molar-refractivity contribution in [2.45, 2.75) is 19.4 Å². The number of methoxy groups -OCH3 is 1. The Morgan fingerprint density at radius 2 is 1.89 bits per heavy atom. The highest BCUT2D eigenvalue weighted by atomic mass is 16.6. The van der Waals surface area contributed by atoms with Crippen LogP contribution >= 0.6 is 0 Å². The highest BCUT2D eigenvalue weighted by Crippen LogP contribution is 2.18. The average Bonchev–Trinajstić information content (AvgIpc) is 3.11. The third-order valence-electron chi connectivity index (χ3n) is 5.02. The lowest BCUT2D eigenvalue weighted by Crippen LogP contribution is -2.46. The van der Waals surface area contributed by atoms with Crippen LogP contribution in [0.25, 0.3) is 0 Å². The van der Waals surface area contributed by atoms with E-state index in [4.69, 9.17) is 9.47 Å². The van der Waals surface area contributed by atoms with Gasteiger partial charge in [-0.25, -0.2) is 4.79 Å². The maximum absolute atomic E-state index is 12.4. The van der Waals surface area contributed by atoms with E-state index in [0.717, 1.165) is 11.3 Å². The Kier molecular flexibility index (Phi) is 6.16. The summed E-state index contributed by atoms with van der Waals surface area (Å²) in [5.74, 6) is 0.611. The normalized spacial score (nSPS) is 17.6. The lowest BCUT2D eigenvalue weighted by Gasteiger charge is -2.32. The maximum Gasteiger partial charge on any atom is 0.410 e. The maximum atomic E-state index is 12.4. The van der Waals surface area contributed by atoms with Gasteiger partial charge in [0, 0.05) is 25.6 Å². The van der Waals surface area contributed by atoms with Crippen LogP contribution in [0.4, 0.5) is 4.79 Å². The van der Waals surface area contributed by atoms with E-state index in [1.54, 1.807) is 12.0 Å². The molecule has 1 aromatic carbocycles. The molecule has 0 saturated carbocycles. The molecule has 0 bridgehead atoms. The van der Waals surface area contributed by atoms with E-state index < -0.39 is 6.09 Å². The van der Waals surface area contributed by atoms with Crippen LogP contribution < -0.4 is 10.1 Å². The van der Waals surface area contributed by atoms with Crippen molar-refractivity contribution in [1.82, 2.24) is 15.1 Å². The molecule has 8 heteroatoms. The summed E-state index contributed by atoms with van der Waals surface area (Å²) in [6.07, 6.45) is 0.825. The van der Waals surface area contributed by atoms with Crippen LogP contribution in [-0.2, 0) is 20.9 Å². The minimum absolute atomic E-state index is 0.0148. The Morgan fingerprint density at radius 3 is 2.48 bits per heavy atom. The topological polar surface area (TPSA) is 88.2 Å². The Bertz CT molecular complexity index is 683. The minimum atomic E-state index is -0.434. The third kappa shape index (κ3) is 4.90. The van der Waals surface area contributed by atoms with E-state index >= 15 is 0 Å². The van der Waals surface area contributed by atoms with Crippen LogP contribution in [0.15, 0.2) is 24.3 Å². The van der Waals surface area contributed by atoms with Gasteiger partial charge in [-0.3, -0.25) is 14.5 Å². The van der Waals surface area contributed by atoms with E-state index in [1.807, 2.05) is 24.3 Å². The van der Waals surface area contributed by atoms with Gasteiger partial charge in [0.15, 0.2) is 0 Å². The number of benzene rings is 1. The van der Waals surface area contributed by atoms with E-state index in [2.05, 4.69) is 5.32 Å². The number of likely N-dealkylation sites (tertiary alicyclic amines) is 1. The quantitative estimate of drug-likeness (QED) is 0.802. The molecular formula is C19H25N3O5. The fourth-order valence-electron chi connectivity index (χ4n) is 3.30. The zero-order valence-corrected chi connectivity index (χ0v) is 15.5. The number of rotatable bonds is 6. The van der Waals surface area contributed by atoms with Gasteiger partial charge in [0.2, 0.25) is 11.8 Å². The molecule has 2 fully saturated rings. The second-order valence-electron chi connectivity index (χ2n) is 6.76. The molecule has 2 heterocycles. The summed E-state index contributed by atoms with van der Waals surface area (Å²) in [4.78, 5) is 39.3. The van der Waals surface area contributed by atoms with E-state index in [0.29, 0.717) is 45.6 Å². The molecule has 0 aromatic heterocycles. The van der Waals surface area contributed by atoms with Crippen LogP contribution in [0.1, 0.15) is 18.4 Å². The van der Waals surface area contributed by atoms with Gasteiger partial charge in [-0.1, -0.05) is 12.1 Å². The van der Waals surface area contributed by atoms with Crippen LogP contribution in [0.3, 0.4) is 0 Å². The van der Waals surface area contributed by atoms with Crippen molar-refractivity contribution >= 4 is 17.9 Å². The van der Waals surface area contributed by atoms with Gasteiger partial charge < -0.3 is 19.7 Å². The van der Waals surface area contributed by atoms with Crippen molar-refractivity contribution in [1.29, 1.82) is 0 Å². The first kappa shape index (κ1) is 19.0. The SMILES string of the molecule is COc1ccc(CNC(=O)C2CCN(C(=O)CN3CCOC3=O)CC2)cc1. The monoisotopic (exact) mass is 375 g/mol. The third-order valence-corrected chi connectivity index (χ3v) is 5.02. The van der Waals surface area contributed by atoms with Crippen molar-refractivity contribution in [3.05, 3.63) is 29.8 Å². The van der Waals surface area contributed by atoms with Gasteiger partial charge in [0.05, 0.1) is 13.7 Å². The summed E-state index contributed by atoms with van der Waals surface area (Å²) in [5.41, 5.74) is 1.01. The van der Waals surface area contributed by atoms with Crippen LogP contribution in [0.2, 0.25) is 0 Å². The molecule has 146 valence electrons. The molecule has 3 rings (SSSR count). The molecule has 0 unspecified atom stereocenters. The lowest BCUT2D eigenvalue weighted by molar-refractivity contribution is -0.136. The first-order chi connectivity index (χ1) is 13.1. The zero-order valence-electron chi connectivity index (χ0n) is 15.5. The Labute approximate surface area is 158 Å². The summed E-state index contributed by atoms with van der Waals surface area (Å²) in [5, 5.41) is 2.96. The summed E-state index contributed by atoms with van der Waals surface area (Å²) in [6, 6.07) is 7.57. The smallest absolute Gasteiger partial charge is 0.410 e. The molecule has 1 aromatic rings. The van der Waals surface area contributed by atoms with Crippen molar-refractivity contribution in [3.8, 4) is 5.75 Å². The molecule has 0 radical (unpaired) electrons. The second kappa shape index (κ2) is 8.75. The summed E-state index contributed by atoms with van der Waals surface area (Å²) >= 11 is 0. The zero-order chi connectivity index (χ0) is 19.2. The van der Waals surface area contributed by atoms with Crippen LogP contribution in [0, 0.1) is 5.92 Å². The summed E-state index contributed by atoms with van der Waals surface area (Å²) in [6.45, 7) is 2.37. The minimum Gasteiger partial charge on any atom is -0.497 e. The number of carbonyl (C=O) groups is 3. The molecule has 2 saturated heterocycles. The first-order valence-corrected chi connectivity index (χ1v) is 9.17. The number of amides is 3. The Balaban J connectivity index is 1.40. The number of piperidine rings is 1. The molecule has 0 atom stereocenters. The molecule has 2 aliphatic rings. The summed E-state index contributed by atoms with van der Waals surface area (Å²) < 4.78 is 9.95. The number of ether oxygens (including phenoxy) is 2. The number of cyclic esters (lactones) is 1. The lowest BCUT2D eigenvalue weighted by atomic mass is 9.95. The molecule has 27 heavy (non-hydrogen) atoms. The van der Waals surface area contributed by atoms with Crippen molar-refractivity contribution in [3.63, 3.8) is 0 Å². The fourth-order valence-corrected chi connectivity index (χ4v) is 3.30. The standard InChI is InChI=1S/C19H25N3O5/c1-26-16-4-2-14(3-5-16)12-20-18(24)15-6-8-21(9-7-15)17(23)13-22-10-11-27-19(22)25/h2-5,15H,6-13H2,1H3,(H,20,24). The molecule has 1 N–H and O–H groups in total. The molecule has 0 spiro atoms. The Morgan fingerprint density at radius 1 is 1.19 bits per heavy atom. The number of hydrogen-bond acceptors (Lipinski definition) is 5. The van der Waals surface area contributed by atoms with Crippen molar-refractivity contribution in [2.75, 3.05) is 39.9 Å². The van der Waals surface area contributed by atoms with E-state index in [9.17, 15) is 14.4 Å². The Hall–Kier alpha value is -2.77. The molecule has 3 amide bonds. The molecular weight excluding hydrogens is 350 g/mol. The van der Waals surface area contributed by atoms with Crippen LogP contribution in [0.5, 0.6) is 5.75 Å². The predicted octanol–water partition coefficient (Wildman–Crippen LogP) is 1.00. The predicted molar refractivity (Wildman–Crippen MR) is 97.1 cm³/mol. The molecule has 2 aliphatic heterocycles. The fraction of sp³-hybridized carbons (Fsp3) is 0.526. The first-order valence-electron chi connectivity index (χ1n) is 9.17. The average molecular weight is 375 g/mol. The van der Waals surface area contributed by atoms with Gasteiger partial charge in [0.25, 0.3) is 0 Å². The number of nitrogens with zero attached hydrogens (tertiary/aromatic N) is 2. The highest BCUT2D eigenvalue weighted by molar-refractivity contribution is 5.83. The molecule has 8 nitrogen and oxygen atoms in total. The highest BCUT2D eigenvalue weighted by Gasteiger charge is 2.30. The van der Waals surface area contributed by atoms with Crippen molar-refractivity contribution < 1.29 is 23.9 Å². The van der Waals surface area contributed by atoms with Gasteiger partial charge in [-0.15, -0.1) is 0 Å². The second-order valence-corrected chi connectivity index (χ2v) is 6.76. The summed E-state index contributed by atoms with van der Waals surface area (Å²) in [7, 11) is 1.62. The van der Waals surface area contributed by atoms with Gasteiger partial charge in [-0.05, 0) is 30.5 Å². The van der Waals surface area contributed by atoms with E-state index in [-0.39, 0.29) is 24.3 Å². The van der Waals surface area contributed by atoms with E-state index in [1.165, 1.54) is 4.90 Å². The number of hydrogen-bond donors (Lipinski definition) is 1.